The van der Waals surface area contributed by atoms with Crippen molar-refractivity contribution in [2.45, 2.75) is 25.9 Å². The molecule has 1 fully saturated rings. The minimum absolute atomic E-state index is 0.0794. The topological polar surface area (TPSA) is 84.0 Å². The maximum absolute atomic E-state index is 12.9. The SMILES string of the molecule is COC(=O)c1ccc(N2C(=O)CC(N(Cc3ccccc3)C(C)=O)C2=O)cc1. The van der Waals surface area contributed by atoms with Gasteiger partial charge in [-0.2, -0.15) is 0 Å². The van der Waals surface area contributed by atoms with Crippen molar-refractivity contribution >= 4 is 29.4 Å². The molecule has 28 heavy (non-hydrogen) atoms. The van der Waals surface area contributed by atoms with Gasteiger partial charge in [-0.25, -0.2) is 9.69 Å². The molecule has 0 saturated carbocycles. The lowest BCUT2D eigenvalue weighted by molar-refractivity contribution is -0.137. The summed E-state index contributed by atoms with van der Waals surface area (Å²) in [4.78, 5) is 51.7. The first-order chi connectivity index (χ1) is 13.4. The fourth-order valence-electron chi connectivity index (χ4n) is 3.22. The molecule has 7 heteroatoms. The number of ether oxygens (including phenoxy) is 1. The molecule has 3 amide bonds. The van der Waals surface area contributed by atoms with E-state index in [4.69, 9.17) is 0 Å². The van der Waals surface area contributed by atoms with Crippen molar-refractivity contribution in [3.63, 3.8) is 0 Å². The van der Waals surface area contributed by atoms with Crippen molar-refractivity contribution in [3.8, 4) is 0 Å². The highest BCUT2D eigenvalue weighted by atomic mass is 16.5. The Bertz CT molecular complexity index is 908. The molecule has 2 aromatic carbocycles. The quantitative estimate of drug-likeness (QED) is 0.586. The number of amides is 3. The zero-order chi connectivity index (χ0) is 20.3. The number of nitrogens with zero attached hydrogens (tertiary/aromatic N) is 2. The highest BCUT2D eigenvalue weighted by Crippen LogP contribution is 2.27. The second-order valence-corrected chi connectivity index (χ2v) is 6.46. The summed E-state index contributed by atoms with van der Waals surface area (Å²) >= 11 is 0. The molecule has 0 aliphatic carbocycles. The fraction of sp³-hybridized carbons (Fsp3) is 0.238. The molecule has 3 rings (SSSR count). The number of carbonyl (C=O) groups excluding carboxylic acids is 4. The number of imide groups is 1. The zero-order valence-corrected chi connectivity index (χ0v) is 15.6. The first-order valence-corrected chi connectivity index (χ1v) is 8.78. The normalized spacial score (nSPS) is 16.2. The predicted octanol–water partition coefficient (Wildman–Crippen LogP) is 2.15. The van der Waals surface area contributed by atoms with Crippen LogP contribution in [0.4, 0.5) is 5.69 Å². The summed E-state index contributed by atoms with van der Waals surface area (Å²) in [6.45, 7) is 1.63. The smallest absolute Gasteiger partial charge is 0.337 e. The van der Waals surface area contributed by atoms with Gasteiger partial charge in [-0.3, -0.25) is 14.4 Å². The van der Waals surface area contributed by atoms with E-state index in [0.717, 1.165) is 10.5 Å². The van der Waals surface area contributed by atoms with Gasteiger partial charge >= 0.3 is 5.97 Å². The summed E-state index contributed by atoms with van der Waals surface area (Å²) in [5.74, 6) is -1.63. The second-order valence-electron chi connectivity index (χ2n) is 6.46. The van der Waals surface area contributed by atoms with Gasteiger partial charge in [0.2, 0.25) is 11.8 Å². The molecule has 1 saturated heterocycles. The van der Waals surface area contributed by atoms with Gasteiger partial charge in [0, 0.05) is 13.5 Å². The maximum Gasteiger partial charge on any atom is 0.337 e. The van der Waals surface area contributed by atoms with Crippen molar-refractivity contribution in [3.05, 3.63) is 65.7 Å². The van der Waals surface area contributed by atoms with E-state index >= 15 is 0 Å². The summed E-state index contributed by atoms with van der Waals surface area (Å²) in [6.07, 6.45) is -0.0794. The van der Waals surface area contributed by atoms with Crippen molar-refractivity contribution in [2.75, 3.05) is 12.0 Å². The molecular formula is C21H20N2O5. The van der Waals surface area contributed by atoms with E-state index < -0.39 is 17.9 Å². The van der Waals surface area contributed by atoms with Crippen LogP contribution >= 0.6 is 0 Å². The summed E-state index contributed by atoms with van der Waals surface area (Å²) in [6, 6.07) is 14.4. The van der Waals surface area contributed by atoms with Gasteiger partial charge in [-0.1, -0.05) is 30.3 Å². The molecule has 7 nitrogen and oxygen atoms in total. The number of methoxy groups -OCH3 is 1. The molecule has 1 atom stereocenters. The third-order valence-corrected chi connectivity index (χ3v) is 4.65. The van der Waals surface area contributed by atoms with Crippen LogP contribution in [0.25, 0.3) is 0 Å². The Morgan fingerprint density at radius 2 is 1.71 bits per heavy atom. The average Bonchev–Trinajstić information content (AvgIpc) is 3.00. The van der Waals surface area contributed by atoms with Gasteiger partial charge in [-0.15, -0.1) is 0 Å². The number of hydrogen-bond acceptors (Lipinski definition) is 5. The lowest BCUT2D eigenvalue weighted by atomic mass is 10.1. The molecular weight excluding hydrogens is 360 g/mol. The highest BCUT2D eigenvalue weighted by Gasteiger charge is 2.43. The maximum atomic E-state index is 12.9. The van der Waals surface area contributed by atoms with Crippen molar-refractivity contribution in [1.82, 2.24) is 4.90 Å². The van der Waals surface area contributed by atoms with E-state index in [9.17, 15) is 19.2 Å². The summed E-state index contributed by atoms with van der Waals surface area (Å²) in [5, 5.41) is 0. The molecule has 0 aromatic heterocycles. The van der Waals surface area contributed by atoms with Gasteiger partial charge in [0.1, 0.15) is 6.04 Å². The zero-order valence-electron chi connectivity index (χ0n) is 15.6. The Morgan fingerprint density at radius 1 is 1.07 bits per heavy atom. The lowest BCUT2D eigenvalue weighted by Gasteiger charge is -2.26. The molecule has 0 radical (unpaired) electrons. The van der Waals surface area contributed by atoms with E-state index in [-0.39, 0.29) is 24.8 Å². The molecule has 1 aliphatic rings. The van der Waals surface area contributed by atoms with Gasteiger partial charge in [0.05, 0.1) is 24.8 Å². The lowest BCUT2D eigenvalue weighted by Crippen LogP contribution is -2.44. The highest BCUT2D eigenvalue weighted by molar-refractivity contribution is 6.23. The van der Waals surface area contributed by atoms with E-state index in [1.165, 1.54) is 43.2 Å². The molecule has 2 aromatic rings. The van der Waals surface area contributed by atoms with Crippen LogP contribution in [0, 0.1) is 0 Å². The Labute approximate surface area is 162 Å². The van der Waals surface area contributed by atoms with Crippen LogP contribution in [0.3, 0.4) is 0 Å². The third-order valence-electron chi connectivity index (χ3n) is 4.65. The van der Waals surface area contributed by atoms with Gasteiger partial charge < -0.3 is 9.64 Å². The fourth-order valence-corrected chi connectivity index (χ4v) is 3.22. The van der Waals surface area contributed by atoms with Crippen LogP contribution in [0.15, 0.2) is 54.6 Å². The summed E-state index contributed by atoms with van der Waals surface area (Å²) in [7, 11) is 1.28. The number of anilines is 1. The molecule has 0 spiro atoms. The van der Waals surface area contributed by atoms with E-state index in [2.05, 4.69) is 4.74 Å². The molecule has 1 unspecified atom stereocenters. The Balaban J connectivity index is 1.83. The number of esters is 1. The van der Waals surface area contributed by atoms with Crippen molar-refractivity contribution < 1.29 is 23.9 Å². The minimum Gasteiger partial charge on any atom is -0.465 e. The first-order valence-electron chi connectivity index (χ1n) is 8.78. The number of rotatable bonds is 5. The minimum atomic E-state index is -0.856. The van der Waals surface area contributed by atoms with E-state index in [1.807, 2.05) is 30.3 Å². The van der Waals surface area contributed by atoms with Crippen LogP contribution in [-0.4, -0.2) is 41.7 Å². The standard InChI is InChI=1S/C21H20N2O5/c1-14(24)22(13-15-6-4-3-5-7-15)18-12-19(25)23(20(18)26)17-10-8-16(9-11-17)21(27)28-2/h3-11,18H,12-13H2,1-2H3. The summed E-state index contributed by atoms with van der Waals surface area (Å²) < 4.78 is 4.64. The van der Waals surface area contributed by atoms with Crippen molar-refractivity contribution in [2.24, 2.45) is 0 Å². The number of hydrogen-bond donors (Lipinski definition) is 0. The van der Waals surface area contributed by atoms with Crippen LogP contribution in [-0.2, 0) is 25.7 Å². The predicted molar refractivity (Wildman–Crippen MR) is 101 cm³/mol. The van der Waals surface area contributed by atoms with Crippen LogP contribution in [0.1, 0.15) is 29.3 Å². The number of benzene rings is 2. The third kappa shape index (κ3) is 3.78. The first kappa shape index (κ1) is 19.3. The average molecular weight is 380 g/mol. The Kier molecular flexibility index (Phi) is 5.54. The Morgan fingerprint density at radius 3 is 2.29 bits per heavy atom. The van der Waals surface area contributed by atoms with Crippen LogP contribution in [0.5, 0.6) is 0 Å². The molecule has 1 heterocycles. The van der Waals surface area contributed by atoms with Gasteiger partial charge in [-0.05, 0) is 29.8 Å². The Hall–Kier alpha value is -3.48. The molecule has 144 valence electrons. The van der Waals surface area contributed by atoms with E-state index in [1.54, 1.807) is 0 Å². The van der Waals surface area contributed by atoms with Crippen LogP contribution < -0.4 is 4.90 Å². The van der Waals surface area contributed by atoms with Gasteiger partial charge in [0.15, 0.2) is 0 Å². The largest absolute Gasteiger partial charge is 0.465 e. The second kappa shape index (κ2) is 8.04. The molecule has 0 N–H and O–H groups in total. The van der Waals surface area contributed by atoms with E-state index in [0.29, 0.717) is 11.3 Å². The molecule has 0 bridgehead atoms. The summed E-state index contributed by atoms with van der Waals surface area (Å²) in [5.41, 5.74) is 1.54. The van der Waals surface area contributed by atoms with Gasteiger partial charge in [0.25, 0.3) is 5.91 Å². The van der Waals surface area contributed by atoms with Crippen LogP contribution in [0.2, 0.25) is 0 Å². The number of carbonyl (C=O) groups is 4. The monoisotopic (exact) mass is 380 g/mol. The molecule has 1 aliphatic heterocycles. The van der Waals surface area contributed by atoms with Crippen molar-refractivity contribution in [1.29, 1.82) is 0 Å².